The zero-order chi connectivity index (χ0) is 14.4. The summed E-state index contributed by atoms with van der Waals surface area (Å²) in [5, 5.41) is 0. The average Bonchev–Trinajstić information content (AvgIpc) is 2.26. The molecule has 1 fully saturated rings. The molecule has 1 amide bonds. The van der Waals surface area contributed by atoms with Crippen molar-refractivity contribution in [2.45, 2.75) is 46.6 Å². The van der Waals surface area contributed by atoms with Gasteiger partial charge in [0, 0.05) is 25.7 Å². The average molecular weight is 269 g/mol. The molecule has 1 heterocycles. The molecular formula is C15H31N3O. The molecular weight excluding hydrogens is 238 g/mol. The summed E-state index contributed by atoms with van der Waals surface area (Å²) in [5.41, 5.74) is 5.97. The molecule has 0 aromatic carbocycles. The summed E-state index contributed by atoms with van der Waals surface area (Å²) in [7, 11) is 0. The maximum atomic E-state index is 12.4. The van der Waals surface area contributed by atoms with Gasteiger partial charge < -0.3 is 10.6 Å². The highest BCUT2D eigenvalue weighted by Gasteiger charge is 2.22. The quantitative estimate of drug-likeness (QED) is 0.796. The molecule has 0 aromatic heterocycles. The fourth-order valence-electron chi connectivity index (χ4n) is 2.69. The molecule has 0 unspecified atom stereocenters. The van der Waals surface area contributed by atoms with E-state index in [1.807, 2.05) is 4.90 Å². The third-order valence-corrected chi connectivity index (χ3v) is 3.42. The highest BCUT2D eigenvalue weighted by Crippen LogP contribution is 2.10. The molecule has 1 aliphatic heterocycles. The van der Waals surface area contributed by atoms with Crippen LogP contribution in [0.25, 0.3) is 0 Å². The molecule has 0 aromatic rings. The Labute approximate surface area is 118 Å². The van der Waals surface area contributed by atoms with Gasteiger partial charge in [-0.15, -0.1) is 0 Å². The van der Waals surface area contributed by atoms with Crippen LogP contribution in [0.2, 0.25) is 0 Å². The molecule has 0 bridgehead atoms. The second-order valence-corrected chi connectivity index (χ2v) is 6.72. The molecule has 1 atom stereocenters. The van der Waals surface area contributed by atoms with Crippen LogP contribution in [-0.4, -0.2) is 54.5 Å². The Balaban J connectivity index is 2.50. The van der Waals surface area contributed by atoms with Crippen molar-refractivity contribution in [1.82, 2.24) is 9.80 Å². The highest BCUT2D eigenvalue weighted by atomic mass is 16.2. The first-order chi connectivity index (χ1) is 8.88. The lowest BCUT2D eigenvalue weighted by molar-refractivity contribution is -0.133. The zero-order valence-corrected chi connectivity index (χ0v) is 13.1. The monoisotopic (exact) mass is 269 g/mol. The predicted octanol–water partition coefficient (Wildman–Crippen LogP) is 1.55. The van der Waals surface area contributed by atoms with Gasteiger partial charge in [-0.2, -0.15) is 0 Å². The molecule has 4 heteroatoms. The maximum absolute atomic E-state index is 12.4. The normalized spacial score (nSPS) is 21.1. The van der Waals surface area contributed by atoms with Crippen molar-refractivity contribution < 1.29 is 4.79 Å². The minimum atomic E-state index is 0.241. The van der Waals surface area contributed by atoms with Gasteiger partial charge in [0.2, 0.25) is 5.91 Å². The number of piperidine rings is 1. The Hall–Kier alpha value is -0.610. The molecule has 1 rings (SSSR count). The van der Waals surface area contributed by atoms with Gasteiger partial charge >= 0.3 is 0 Å². The summed E-state index contributed by atoms with van der Waals surface area (Å²) in [5.74, 6) is 1.30. The first-order valence-corrected chi connectivity index (χ1v) is 7.64. The lowest BCUT2D eigenvalue weighted by Crippen LogP contribution is -2.49. The fourth-order valence-corrected chi connectivity index (χ4v) is 2.69. The largest absolute Gasteiger partial charge is 0.341 e. The summed E-state index contributed by atoms with van der Waals surface area (Å²) in [6, 6.07) is 0.241. The van der Waals surface area contributed by atoms with Crippen LogP contribution in [0.5, 0.6) is 0 Å². The number of hydrogen-bond donors (Lipinski definition) is 1. The molecule has 19 heavy (non-hydrogen) atoms. The molecule has 1 aliphatic rings. The summed E-state index contributed by atoms with van der Waals surface area (Å²) in [4.78, 5) is 16.7. The third-order valence-electron chi connectivity index (χ3n) is 3.42. The number of nitrogens with two attached hydrogens (primary N) is 1. The van der Waals surface area contributed by atoms with Crippen LogP contribution in [-0.2, 0) is 4.79 Å². The summed E-state index contributed by atoms with van der Waals surface area (Å²) in [6.45, 7) is 12.8. The molecule has 0 aliphatic carbocycles. The van der Waals surface area contributed by atoms with E-state index in [-0.39, 0.29) is 11.9 Å². The molecule has 0 radical (unpaired) electrons. The first kappa shape index (κ1) is 16.4. The van der Waals surface area contributed by atoms with E-state index in [0.717, 1.165) is 39.0 Å². The highest BCUT2D eigenvalue weighted by molar-refractivity contribution is 5.78. The van der Waals surface area contributed by atoms with Crippen LogP contribution in [0.3, 0.4) is 0 Å². The third kappa shape index (κ3) is 6.39. The second kappa shape index (κ2) is 7.85. The van der Waals surface area contributed by atoms with Crippen molar-refractivity contribution in [1.29, 1.82) is 0 Å². The van der Waals surface area contributed by atoms with Crippen LogP contribution < -0.4 is 5.73 Å². The predicted molar refractivity (Wildman–Crippen MR) is 79.9 cm³/mol. The van der Waals surface area contributed by atoms with E-state index in [9.17, 15) is 4.79 Å². The maximum Gasteiger partial charge on any atom is 0.236 e. The van der Waals surface area contributed by atoms with Gasteiger partial charge in [-0.1, -0.05) is 27.7 Å². The van der Waals surface area contributed by atoms with Crippen molar-refractivity contribution in [2.24, 2.45) is 17.6 Å². The Morgan fingerprint density at radius 3 is 2.32 bits per heavy atom. The summed E-state index contributed by atoms with van der Waals surface area (Å²) in [6.07, 6.45) is 2.20. The lowest BCUT2D eigenvalue weighted by Gasteiger charge is -2.33. The number of likely N-dealkylation sites (tertiary alicyclic amines) is 1. The van der Waals surface area contributed by atoms with Crippen LogP contribution >= 0.6 is 0 Å². The zero-order valence-electron chi connectivity index (χ0n) is 13.1. The van der Waals surface area contributed by atoms with Gasteiger partial charge in [-0.25, -0.2) is 0 Å². The number of carbonyl (C=O) groups excluding carboxylic acids is 1. The fraction of sp³-hybridized carbons (Fsp3) is 0.933. The Morgan fingerprint density at radius 1 is 1.26 bits per heavy atom. The van der Waals surface area contributed by atoms with Gasteiger partial charge in [-0.05, 0) is 31.2 Å². The SMILES string of the molecule is CC(C)CN(CC(C)C)C(=O)CN1CCC[C@@H](N)C1. The number of carbonyl (C=O) groups is 1. The van der Waals surface area contributed by atoms with Gasteiger partial charge in [0.1, 0.15) is 0 Å². The minimum Gasteiger partial charge on any atom is -0.341 e. The van der Waals surface area contributed by atoms with Crippen LogP contribution in [0.15, 0.2) is 0 Å². The van der Waals surface area contributed by atoms with Gasteiger partial charge in [-0.3, -0.25) is 9.69 Å². The number of amides is 1. The minimum absolute atomic E-state index is 0.241. The van der Waals surface area contributed by atoms with E-state index in [0.29, 0.717) is 18.4 Å². The van der Waals surface area contributed by atoms with E-state index in [1.54, 1.807) is 0 Å². The number of hydrogen-bond acceptors (Lipinski definition) is 3. The molecule has 0 spiro atoms. The summed E-state index contributed by atoms with van der Waals surface area (Å²) < 4.78 is 0. The molecule has 112 valence electrons. The van der Waals surface area contributed by atoms with E-state index in [1.165, 1.54) is 0 Å². The van der Waals surface area contributed by atoms with Crippen molar-refractivity contribution in [3.8, 4) is 0 Å². The number of rotatable bonds is 6. The van der Waals surface area contributed by atoms with Crippen molar-refractivity contribution in [3.05, 3.63) is 0 Å². The van der Waals surface area contributed by atoms with Crippen molar-refractivity contribution in [3.63, 3.8) is 0 Å². The lowest BCUT2D eigenvalue weighted by atomic mass is 10.1. The standard InChI is InChI=1S/C15H31N3O/c1-12(2)8-18(9-13(3)4)15(19)11-17-7-5-6-14(16)10-17/h12-14H,5-11,16H2,1-4H3/t14-/m1/s1. The Kier molecular flexibility index (Phi) is 6.80. The Morgan fingerprint density at radius 2 is 1.84 bits per heavy atom. The molecule has 2 N–H and O–H groups in total. The van der Waals surface area contributed by atoms with Gasteiger partial charge in [0.25, 0.3) is 0 Å². The Bertz CT molecular complexity index is 269. The molecule has 4 nitrogen and oxygen atoms in total. The van der Waals surface area contributed by atoms with Crippen molar-refractivity contribution in [2.75, 3.05) is 32.7 Å². The van der Waals surface area contributed by atoms with E-state index in [4.69, 9.17) is 5.73 Å². The van der Waals surface area contributed by atoms with E-state index in [2.05, 4.69) is 32.6 Å². The number of nitrogens with zero attached hydrogens (tertiary/aromatic N) is 2. The van der Waals surface area contributed by atoms with Crippen LogP contribution in [0.4, 0.5) is 0 Å². The summed E-state index contributed by atoms with van der Waals surface area (Å²) >= 11 is 0. The second-order valence-electron chi connectivity index (χ2n) is 6.72. The molecule has 1 saturated heterocycles. The first-order valence-electron chi connectivity index (χ1n) is 7.64. The smallest absolute Gasteiger partial charge is 0.236 e. The van der Waals surface area contributed by atoms with E-state index >= 15 is 0 Å². The van der Waals surface area contributed by atoms with Gasteiger partial charge in [0.15, 0.2) is 0 Å². The van der Waals surface area contributed by atoms with Crippen molar-refractivity contribution >= 4 is 5.91 Å². The molecule has 0 saturated carbocycles. The van der Waals surface area contributed by atoms with E-state index < -0.39 is 0 Å². The van der Waals surface area contributed by atoms with Crippen LogP contribution in [0.1, 0.15) is 40.5 Å². The van der Waals surface area contributed by atoms with Crippen LogP contribution in [0, 0.1) is 11.8 Å². The van der Waals surface area contributed by atoms with Gasteiger partial charge in [0.05, 0.1) is 6.54 Å². The topological polar surface area (TPSA) is 49.6 Å².